The Balaban J connectivity index is 3.07. The zero-order valence-corrected chi connectivity index (χ0v) is 10.6. The van der Waals surface area contributed by atoms with Crippen molar-refractivity contribution in [3.05, 3.63) is 0 Å². The van der Waals surface area contributed by atoms with Crippen molar-refractivity contribution in [2.45, 2.75) is 28.7 Å². The van der Waals surface area contributed by atoms with Crippen molar-refractivity contribution in [2.75, 3.05) is 6.61 Å². The van der Waals surface area contributed by atoms with Gasteiger partial charge in [-0.15, -0.1) is 0 Å². The molecule has 0 heterocycles. The second-order valence-electron chi connectivity index (χ2n) is 1.89. The predicted molar refractivity (Wildman–Crippen MR) is 38.3 cm³/mol. The summed E-state index contributed by atoms with van der Waals surface area (Å²) >= 11 is -1.41. The quantitative estimate of drug-likeness (QED) is 0.723. The third-order valence-electron chi connectivity index (χ3n) is 1.31. The van der Waals surface area contributed by atoms with Crippen LogP contribution in [0.25, 0.3) is 0 Å². The third-order valence-corrected chi connectivity index (χ3v) is 11.5. The molecule has 0 unspecified atom stereocenters. The van der Waals surface area contributed by atoms with E-state index in [1.54, 1.807) is 0 Å². The van der Waals surface area contributed by atoms with E-state index in [1.165, 1.54) is 7.96 Å². The Bertz CT molecular complexity index is 43.8. The minimum absolute atomic E-state index is 0.952. The molecule has 2 heteroatoms. The van der Waals surface area contributed by atoms with E-state index in [4.69, 9.17) is 2.69 Å². The topological polar surface area (TPSA) is 9.23 Å². The summed E-state index contributed by atoms with van der Waals surface area (Å²) in [7, 11) is 0. The molecule has 0 fully saturated rings. The molecule has 0 saturated heterocycles. The first kappa shape index (κ1) is 8.88. The number of hydrogen-bond donors (Lipinski definition) is 0. The van der Waals surface area contributed by atoms with Gasteiger partial charge in [0.15, 0.2) is 0 Å². The summed E-state index contributed by atoms with van der Waals surface area (Å²) in [6.07, 6.45) is 0. The molecule has 0 atom stereocenters. The fourth-order valence-corrected chi connectivity index (χ4v) is 6.67. The Hall–Kier alpha value is 0.882. The normalized spacial score (nSPS) is 9.38. The van der Waals surface area contributed by atoms with Crippen LogP contribution in [0.15, 0.2) is 0 Å². The molecule has 48 valence electrons. The number of hydrogen-bond acceptors (Lipinski definition) is 1. The van der Waals surface area contributed by atoms with Crippen LogP contribution < -0.4 is 0 Å². The summed E-state index contributed by atoms with van der Waals surface area (Å²) in [4.78, 5) is 0. The van der Waals surface area contributed by atoms with Crippen LogP contribution in [0.5, 0.6) is 0 Å². The van der Waals surface area contributed by atoms with Gasteiger partial charge >= 0.3 is 61.2 Å². The SMILES string of the molecule is CC[O][Tl]([CH2]C)[CH2]C. The van der Waals surface area contributed by atoms with Crippen LogP contribution in [0.2, 0.25) is 7.96 Å². The molecule has 0 aromatic rings. The molecule has 0 aliphatic carbocycles. The molecule has 0 aliphatic rings. The van der Waals surface area contributed by atoms with Crippen LogP contribution in [0.1, 0.15) is 20.8 Å². The average molecular weight is 308 g/mol. The zero-order valence-electron chi connectivity index (χ0n) is 6.11. The zero-order chi connectivity index (χ0) is 6.41. The molecule has 0 aromatic carbocycles. The molecule has 0 radical (unpaired) electrons. The van der Waals surface area contributed by atoms with Crippen LogP contribution in [-0.2, 0) is 2.69 Å². The molecular formula is C6H15OTl. The van der Waals surface area contributed by atoms with Gasteiger partial charge in [0.2, 0.25) is 0 Å². The Morgan fingerprint density at radius 2 is 1.62 bits per heavy atom. The van der Waals surface area contributed by atoms with Gasteiger partial charge in [0.05, 0.1) is 0 Å². The molecule has 0 N–H and O–H groups in total. The van der Waals surface area contributed by atoms with E-state index in [0.717, 1.165) is 6.61 Å². The van der Waals surface area contributed by atoms with Crippen LogP contribution in [0.4, 0.5) is 0 Å². The monoisotopic (exact) mass is 308 g/mol. The van der Waals surface area contributed by atoms with Crippen LogP contribution in [0.3, 0.4) is 0 Å². The molecule has 0 aliphatic heterocycles. The van der Waals surface area contributed by atoms with Gasteiger partial charge in [-0.05, 0) is 0 Å². The predicted octanol–water partition coefficient (Wildman–Crippen LogP) is 2.05. The van der Waals surface area contributed by atoms with Crippen molar-refractivity contribution < 1.29 is 2.69 Å². The van der Waals surface area contributed by atoms with E-state index < -0.39 is 23.2 Å². The van der Waals surface area contributed by atoms with E-state index in [-0.39, 0.29) is 0 Å². The first-order valence-corrected chi connectivity index (χ1v) is 11.6. The summed E-state index contributed by atoms with van der Waals surface area (Å²) in [5.74, 6) is 0. The van der Waals surface area contributed by atoms with E-state index >= 15 is 0 Å². The fourth-order valence-electron chi connectivity index (χ4n) is 0.760. The number of rotatable bonds is 4. The standard InChI is InChI=1S/C2H5O.2C2H5.Tl/c1-2-3;2*1-2;/h2H2,1H3;2*1H2,2H3;/q-1;;;+1. The van der Waals surface area contributed by atoms with Crippen molar-refractivity contribution in [1.82, 2.24) is 0 Å². The Labute approximate surface area is 61.2 Å². The van der Waals surface area contributed by atoms with Crippen LogP contribution in [0, 0.1) is 0 Å². The maximum absolute atomic E-state index is 5.56. The molecule has 0 aromatic heterocycles. The second kappa shape index (κ2) is 6.01. The second-order valence-corrected chi connectivity index (χ2v) is 14.4. The summed E-state index contributed by atoms with van der Waals surface area (Å²) in [5.41, 5.74) is 0. The molecule has 8 heavy (non-hydrogen) atoms. The van der Waals surface area contributed by atoms with Gasteiger partial charge in [-0.1, -0.05) is 0 Å². The van der Waals surface area contributed by atoms with Gasteiger partial charge in [-0.2, -0.15) is 0 Å². The van der Waals surface area contributed by atoms with Crippen molar-refractivity contribution >= 4 is 23.2 Å². The van der Waals surface area contributed by atoms with Crippen LogP contribution >= 0.6 is 0 Å². The van der Waals surface area contributed by atoms with Gasteiger partial charge in [-0.25, -0.2) is 0 Å². The van der Waals surface area contributed by atoms with E-state index in [1.807, 2.05) is 0 Å². The van der Waals surface area contributed by atoms with Gasteiger partial charge in [0.25, 0.3) is 0 Å². The third kappa shape index (κ3) is 3.83. The van der Waals surface area contributed by atoms with Crippen molar-refractivity contribution in [3.63, 3.8) is 0 Å². The first-order chi connectivity index (χ1) is 3.85. The van der Waals surface area contributed by atoms with E-state index in [0.29, 0.717) is 0 Å². The molecule has 0 spiro atoms. The summed E-state index contributed by atoms with van der Waals surface area (Å²) in [6, 6.07) is 0. The molecule has 1 nitrogen and oxygen atoms in total. The minimum atomic E-state index is -1.41. The molecule has 0 amide bonds. The van der Waals surface area contributed by atoms with E-state index in [9.17, 15) is 0 Å². The maximum atomic E-state index is 5.56. The Kier molecular flexibility index (Phi) is 6.67. The first-order valence-electron chi connectivity index (χ1n) is 3.46. The summed E-state index contributed by atoms with van der Waals surface area (Å²) in [5, 5.41) is 0. The average Bonchev–Trinajstić information content (AvgIpc) is 1.83. The Morgan fingerprint density at radius 3 is 1.75 bits per heavy atom. The summed E-state index contributed by atoms with van der Waals surface area (Å²) in [6.45, 7) is 7.56. The van der Waals surface area contributed by atoms with E-state index in [2.05, 4.69) is 20.8 Å². The van der Waals surface area contributed by atoms with Crippen molar-refractivity contribution in [1.29, 1.82) is 0 Å². The molecular weight excluding hydrogens is 292 g/mol. The summed E-state index contributed by atoms with van der Waals surface area (Å²) < 4.78 is 8.29. The van der Waals surface area contributed by atoms with Crippen LogP contribution in [-0.4, -0.2) is 29.8 Å². The van der Waals surface area contributed by atoms with Crippen molar-refractivity contribution in [2.24, 2.45) is 0 Å². The van der Waals surface area contributed by atoms with Gasteiger partial charge in [0.1, 0.15) is 0 Å². The van der Waals surface area contributed by atoms with Gasteiger partial charge in [0, 0.05) is 0 Å². The molecule has 0 saturated carbocycles. The van der Waals surface area contributed by atoms with Gasteiger partial charge in [-0.3, -0.25) is 0 Å². The Morgan fingerprint density at radius 1 is 1.12 bits per heavy atom. The fraction of sp³-hybridized carbons (Fsp3) is 1.00. The molecule has 0 bridgehead atoms. The van der Waals surface area contributed by atoms with Gasteiger partial charge < -0.3 is 0 Å². The van der Waals surface area contributed by atoms with Crippen molar-refractivity contribution in [3.8, 4) is 0 Å². The molecule has 0 rings (SSSR count).